The molecule has 0 unspecified atom stereocenters. The van der Waals surface area contributed by atoms with Crippen LogP contribution in [-0.4, -0.2) is 30.3 Å². The molecule has 0 aliphatic heterocycles. The van der Waals surface area contributed by atoms with Gasteiger partial charge >= 0.3 is 0 Å². The summed E-state index contributed by atoms with van der Waals surface area (Å²) in [5.74, 6) is 1.16. The van der Waals surface area contributed by atoms with E-state index in [9.17, 15) is 4.79 Å². The van der Waals surface area contributed by atoms with E-state index in [-0.39, 0.29) is 5.91 Å². The molecule has 0 saturated carbocycles. The van der Waals surface area contributed by atoms with Crippen molar-refractivity contribution in [3.8, 4) is 22.8 Å². The van der Waals surface area contributed by atoms with Gasteiger partial charge in [0.05, 0.1) is 19.9 Å². The van der Waals surface area contributed by atoms with Crippen LogP contribution in [0.2, 0.25) is 0 Å². The topological polar surface area (TPSA) is 76.2 Å². The molecular weight excluding hydrogens is 330 g/mol. The van der Waals surface area contributed by atoms with E-state index in [1.54, 1.807) is 20.3 Å². The Hall–Kier alpha value is -3.28. The largest absolute Gasteiger partial charge is 0.497 e. The molecule has 0 atom stereocenters. The molecule has 6 nitrogen and oxygen atoms in total. The second kappa shape index (κ2) is 7.74. The van der Waals surface area contributed by atoms with Crippen LogP contribution in [0.25, 0.3) is 11.3 Å². The van der Waals surface area contributed by atoms with Crippen LogP contribution in [0.5, 0.6) is 11.5 Å². The van der Waals surface area contributed by atoms with Crippen molar-refractivity contribution >= 4 is 5.91 Å². The smallest absolute Gasteiger partial charge is 0.269 e. The van der Waals surface area contributed by atoms with Crippen molar-refractivity contribution in [3.63, 3.8) is 0 Å². The van der Waals surface area contributed by atoms with Gasteiger partial charge in [0, 0.05) is 17.7 Å². The highest BCUT2D eigenvalue weighted by atomic mass is 16.5. The van der Waals surface area contributed by atoms with Gasteiger partial charge in [0.25, 0.3) is 5.91 Å². The Morgan fingerprint density at radius 1 is 1.08 bits per heavy atom. The summed E-state index contributed by atoms with van der Waals surface area (Å²) < 4.78 is 10.5. The first-order chi connectivity index (χ1) is 12.6. The highest BCUT2D eigenvalue weighted by Gasteiger charge is 2.12. The number of amides is 1. The number of carbonyl (C=O) groups excluding carboxylic acids is 1. The maximum atomic E-state index is 12.4. The number of carbonyl (C=O) groups is 1. The Balaban J connectivity index is 1.70. The predicted octanol–water partition coefficient (Wildman–Crippen LogP) is 3.33. The fraction of sp³-hybridized carbons (Fsp3) is 0.200. The van der Waals surface area contributed by atoms with Crippen LogP contribution in [0.3, 0.4) is 0 Å². The molecule has 3 aromatic rings. The Kier molecular flexibility index (Phi) is 5.22. The van der Waals surface area contributed by atoms with Gasteiger partial charge < -0.3 is 14.8 Å². The van der Waals surface area contributed by atoms with E-state index in [1.165, 1.54) is 5.56 Å². The lowest BCUT2D eigenvalue weighted by atomic mass is 10.1. The lowest BCUT2D eigenvalue weighted by Gasteiger charge is -2.11. The van der Waals surface area contributed by atoms with Gasteiger partial charge in [-0.05, 0) is 31.2 Å². The number of hydrogen-bond acceptors (Lipinski definition) is 4. The SMILES string of the molecule is COc1ccc(OC)c(CNC(=O)c2cc(-c3ccc(C)cc3)n[nH]2)c1. The standard InChI is InChI=1S/C20H21N3O3/c1-13-4-6-14(7-5-13)17-11-18(23-22-17)20(24)21-12-15-10-16(25-2)8-9-19(15)26-3/h4-11H,12H2,1-3H3,(H,21,24)(H,22,23). The zero-order chi connectivity index (χ0) is 18.5. The maximum Gasteiger partial charge on any atom is 0.269 e. The number of benzene rings is 2. The molecule has 0 fully saturated rings. The molecule has 2 aromatic carbocycles. The van der Waals surface area contributed by atoms with Gasteiger partial charge in [-0.25, -0.2) is 0 Å². The van der Waals surface area contributed by atoms with Crippen LogP contribution in [-0.2, 0) is 6.54 Å². The van der Waals surface area contributed by atoms with Crippen molar-refractivity contribution in [1.82, 2.24) is 15.5 Å². The third-order valence-corrected chi connectivity index (χ3v) is 4.10. The number of nitrogens with zero attached hydrogens (tertiary/aromatic N) is 1. The van der Waals surface area contributed by atoms with Gasteiger partial charge in [0.2, 0.25) is 0 Å². The number of hydrogen-bond donors (Lipinski definition) is 2. The summed E-state index contributed by atoms with van der Waals surface area (Å²) in [6, 6.07) is 15.2. The van der Waals surface area contributed by atoms with Gasteiger partial charge in [-0.2, -0.15) is 5.10 Å². The Morgan fingerprint density at radius 2 is 1.85 bits per heavy atom. The van der Waals surface area contributed by atoms with E-state index in [4.69, 9.17) is 9.47 Å². The molecule has 0 saturated heterocycles. The van der Waals surface area contributed by atoms with Gasteiger partial charge in [0.15, 0.2) is 0 Å². The molecular formula is C20H21N3O3. The normalized spacial score (nSPS) is 10.4. The van der Waals surface area contributed by atoms with Crippen molar-refractivity contribution in [2.45, 2.75) is 13.5 Å². The van der Waals surface area contributed by atoms with E-state index < -0.39 is 0 Å². The molecule has 6 heteroatoms. The molecule has 0 aliphatic rings. The number of aromatic nitrogens is 2. The minimum atomic E-state index is -0.235. The fourth-order valence-electron chi connectivity index (χ4n) is 2.60. The molecule has 2 N–H and O–H groups in total. The molecule has 3 rings (SSSR count). The van der Waals surface area contributed by atoms with E-state index >= 15 is 0 Å². The number of H-pyrrole nitrogens is 1. The van der Waals surface area contributed by atoms with E-state index in [0.29, 0.717) is 23.7 Å². The van der Waals surface area contributed by atoms with E-state index in [2.05, 4.69) is 15.5 Å². The third-order valence-electron chi connectivity index (χ3n) is 4.10. The van der Waals surface area contributed by atoms with Gasteiger partial charge in [-0.15, -0.1) is 0 Å². The number of nitrogens with one attached hydrogen (secondary N) is 2. The van der Waals surface area contributed by atoms with Crippen LogP contribution in [0.1, 0.15) is 21.6 Å². The number of methoxy groups -OCH3 is 2. The zero-order valence-corrected chi connectivity index (χ0v) is 15.0. The summed E-state index contributed by atoms with van der Waals surface area (Å²) >= 11 is 0. The van der Waals surface area contributed by atoms with Crippen LogP contribution in [0.15, 0.2) is 48.5 Å². The second-order valence-electron chi connectivity index (χ2n) is 5.89. The Morgan fingerprint density at radius 3 is 2.54 bits per heavy atom. The monoisotopic (exact) mass is 351 g/mol. The first-order valence-corrected chi connectivity index (χ1v) is 8.22. The minimum absolute atomic E-state index is 0.235. The van der Waals surface area contributed by atoms with Gasteiger partial charge in [-0.1, -0.05) is 29.8 Å². The number of ether oxygens (including phenoxy) is 2. The Bertz CT molecular complexity index is 901. The predicted molar refractivity (Wildman–Crippen MR) is 99.5 cm³/mol. The summed E-state index contributed by atoms with van der Waals surface area (Å²) in [5.41, 5.74) is 4.10. The highest BCUT2D eigenvalue weighted by Crippen LogP contribution is 2.24. The molecule has 26 heavy (non-hydrogen) atoms. The lowest BCUT2D eigenvalue weighted by Crippen LogP contribution is -2.23. The van der Waals surface area contributed by atoms with Gasteiger partial charge in [-0.3, -0.25) is 9.89 Å². The molecule has 1 heterocycles. The maximum absolute atomic E-state index is 12.4. The average molecular weight is 351 g/mol. The molecule has 1 aromatic heterocycles. The van der Waals surface area contributed by atoms with Crippen LogP contribution < -0.4 is 14.8 Å². The van der Waals surface area contributed by atoms with Crippen molar-refractivity contribution in [1.29, 1.82) is 0 Å². The molecule has 0 spiro atoms. The van der Waals surface area contributed by atoms with Crippen molar-refractivity contribution in [3.05, 3.63) is 65.4 Å². The summed E-state index contributed by atoms with van der Waals surface area (Å²) in [7, 11) is 3.19. The molecule has 134 valence electrons. The summed E-state index contributed by atoms with van der Waals surface area (Å²) in [6.07, 6.45) is 0. The summed E-state index contributed by atoms with van der Waals surface area (Å²) in [5, 5.41) is 9.88. The first-order valence-electron chi connectivity index (χ1n) is 8.22. The molecule has 0 aliphatic carbocycles. The summed E-state index contributed by atoms with van der Waals surface area (Å²) in [6.45, 7) is 2.35. The van der Waals surface area contributed by atoms with Crippen LogP contribution >= 0.6 is 0 Å². The summed E-state index contributed by atoms with van der Waals surface area (Å²) in [4.78, 5) is 12.4. The molecule has 0 radical (unpaired) electrons. The Labute approximate surface area is 152 Å². The lowest BCUT2D eigenvalue weighted by molar-refractivity contribution is 0.0945. The number of aromatic amines is 1. The third kappa shape index (κ3) is 3.85. The van der Waals surface area contributed by atoms with Crippen LogP contribution in [0.4, 0.5) is 0 Å². The number of rotatable bonds is 6. The molecule has 1 amide bonds. The first kappa shape index (κ1) is 17.5. The number of aryl methyl sites for hydroxylation is 1. The van der Waals surface area contributed by atoms with E-state index in [1.807, 2.05) is 49.4 Å². The highest BCUT2D eigenvalue weighted by molar-refractivity contribution is 5.93. The van der Waals surface area contributed by atoms with Crippen molar-refractivity contribution in [2.75, 3.05) is 14.2 Å². The van der Waals surface area contributed by atoms with Crippen molar-refractivity contribution < 1.29 is 14.3 Å². The quantitative estimate of drug-likeness (QED) is 0.714. The second-order valence-corrected chi connectivity index (χ2v) is 5.89. The minimum Gasteiger partial charge on any atom is -0.497 e. The average Bonchev–Trinajstić information content (AvgIpc) is 3.16. The molecule has 0 bridgehead atoms. The van der Waals surface area contributed by atoms with E-state index in [0.717, 1.165) is 16.8 Å². The van der Waals surface area contributed by atoms with Gasteiger partial charge in [0.1, 0.15) is 17.2 Å². The fourth-order valence-corrected chi connectivity index (χ4v) is 2.60. The van der Waals surface area contributed by atoms with Crippen molar-refractivity contribution in [2.24, 2.45) is 0 Å². The zero-order valence-electron chi connectivity index (χ0n) is 15.0. The van der Waals surface area contributed by atoms with Crippen LogP contribution in [0, 0.1) is 6.92 Å².